The van der Waals surface area contributed by atoms with Gasteiger partial charge in [-0.25, -0.2) is 8.42 Å². The standard InChI is InChI=1S/C26H24ClN5O3S2/c27-22-14-8-7-13-21(22)24(33)28-25-29-30-26(36-25)37(34,35)32-17-15-31(16-18-32)23(19-9-3-1-4-10-19)20-11-5-2-6-12-20/h1-14,23H,15-18H2,(H,28,29,33). The van der Waals surface area contributed by atoms with Gasteiger partial charge in [0.2, 0.25) is 9.47 Å². The van der Waals surface area contributed by atoms with Crippen LogP contribution in [0.4, 0.5) is 5.13 Å². The van der Waals surface area contributed by atoms with E-state index in [2.05, 4.69) is 44.7 Å². The normalized spacial score (nSPS) is 15.1. The summed E-state index contributed by atoms with van der Waals surface area (Å²) in [5.74, 6) is -0.479. The van der Waals surface area contributed by atoms with E-state index in [4.69, 9.17) is 11.6 Å². The molecule has 0 unspecified atom stereocenters. The van der Waals surface area contributed by atoms with Crippen molar-refractivity contribution >= 4 is 44.0 Å². The lowest BCUT2D eigenvalue weighted by Crippen LogP contribution is -2.49. The van der Waals surface area contributed by atoms with Crippen molar-refractivity contribution in [3.63, 3.8) is 0 Å². The third-order valence-corrected chi connectivity index (χ3v) is 9.59. The van der Waals surface area contributed by atoms with Gasteiger partial charge >= 0.3 is 0 Å². The molecule has 1 aliphatic heterocycles. The van der Waals surface area contributed by atoms with Gasteiger partial charge in [0.1, 0.15) is 0 Å². The highest BCUT2D eigenvalue weighted by molar-refractivity contribution is 7.91. The molecule has 1 saturated heterocycles. The second-order valence-corrected chi connectivity index (χ2v) is 12.0. The van der Waals surface area contributed by atoms with Crippen LogP contribution in [0.3, 0.4) is 0 Å². The molecule has 0 radical (unpaired) electrons. The molecule has 0 atom stereocenters. The van der Waals surface area contributed by atoms with Crippen LogP contribution in [0.5, 0.6) is 0 Å². The van der Waals surface area contributed by atoms with Crippen LogP contribution in [0.25, 0.3) is 0 Å². The first kappa shape index (κ1) is 25.5. The number of benzene rings is 3. The fourth-order valence-electron chi connectivity index (χ4n) is 4.37. The number of nitrogens with zero attached hydrogens (tertiary/aromatic N) is 4. The van der Waals surface area contributed by atoms with E-state index in [0.717, 1.165) is 22.5 Å². The van der Waals surface area contributed by atoms with E-state index in [0.29, 0.717) is 31.2 Å². The van der Waals surface area contributed by atoms with Crippen LogP contribution < -0.4 is 5.32 Å². The maximum absolute atomic E-state index is 13.3. The molecule has 4 aromatic rings. The number of rotatable bonds is 7. The molecule has 0 saturated carbocycles. The van der Waals surface area contributed by atoms with Crippen molar-refractivity contribution in [3.05, 3.63) is 107 Å². The summed E-state index contributed by atoms with van der Waals surface area (Å²) in [4.78, 5) is 14.8. The Kier molecular flexibility index (Phi) is 7.63. The lowest BCUT2D eigenvalue weighted by atomic mass is 9.96. The molecule has 190 valence electrons. The molecule has 37 heavy (non-hydrogen) atoms. The third kappa shape index (κ3) is 5.58. The molecule has 11 heteroatoms. The van der Waals surface area contributed by atoms with Gasteiger partial charge in [0.05, 0.1) is 16.6 Å². The van der Waals surface area contributed by atoms with Crippen LogP contribution in [0, 0.1) is 0 Å². The zero-order valence-electron chi connectivity index (χ0n) is 19.7. The van der Waals surface area contributed by atoms with Gasteiger partial charge in [0, 0.05) is 26.2 Å². The van der Waals surface area contributed by atoms with Crippen molar-refractivity contribution in [1.82, 2.24) is 19.4 Å². The van der Waals surface area contributed by atoms with Crippen LogP contribution in [0.1, 0.15) is 27.5 Å². The van der Waals surface area contributed by atoms with E-state index in [9.17, 15) is 13.2 Å². The lowest BCUT2D eigenvalue weighted by Gasteiger charge is -2.38. The Hall–Kier alpha value is -3.15. The highest BCUT2D eigenvalue weighted by Crippen LogP contribution is 2.31. The molecule has 0 spiro atoms. The quantitative estimate of drug-likeness (QED) is 0.338. The minimum atomic E-state index is -3.85. The average Bonchev–Trinajstić information content (AvgIpc) is 3.40. The molecule has 3 aromatic carbocycles. The van der Waals surface area contributed by atoms with E-state index in [1.54, 1.807) is 24.3 Å². The molecule has 1 aromatic heterocycles. The number of sulfonamides is 1. The van der Waals surface area contributed by atoms with Gasteiger partial charge < -0.3 is 0 Å². The van der Waals surface area contributed by atoms with Gasteiger partial charge in [-0.1, -0.05) is 95.7 Å². The van der Waals surface area contributed by atoms with Crippen molar-refractivity contribution in [2.24, 2.45) is 0 Å². The van der Waals surface area contributed by atoms with E-state index < -0.39 is 15.9 Å². The summed E-state index contributed by atoms with van der Waals surface area (Å²) in [6.07, 6.45) is 0. The number of halogens is 1. The number of amides is 1. The Labute approximate surface area is 224 Å². The van der Waals surface area contributed by atoms with Crippen molar-refractivity contribution in [3.8, 4) is 0 Å². The predicted molar refractivity (Wildman–Crippen MR) is 144 cm³/mol. The summed E-state index contributed by atoms with van der Waals surface area (Å²) in [6.45, 7) is 1.75. The van der Waals surface area contributed by atoms with Crippen LogP contribution in [0.15, 0.2) is 89.3 Å². The molecule has 1 aliphatic rings. The second-order valence-electron chi connectivity index (χ2n) is 8.47. The summed E-state index contributed by atoms with van der Waals surface area (Å²) >= 11 is 6.90. The fourth-order valence-corrected chi connectivity index (χ4v) is 7.05. The number of piperazine rings is 1. The second kappa shape index (κ2) is 11.1. The van der Waals surface area contributed by atoms with Gasteiger partial charge in [-0.15, -0.1) is 10.2 Å². The van der Waals surface area contributed by atoms with E-state index in [-0.39, 0.29) is 21.1 Å². The van der Waals surface area contributed by atoms with Gasteiger partial charge in [-0.3, -0.25) is 15.0 Å². The largest absolute Gasteiger partial charge is 0.296 e. The molecule has 1 fully saturated rings. The van der Waals surface area contributed by atoms with Crippen molar-refractivity contribution in [2.45, 2.75) is 10.4 Å². The van der Waals surface area contributed by atoms with Gasteiger partial charge in [0.25, 0.3) is 15.9 Å². The first-order valence-electron chi connectivity index (χ1n) is 11.7. The minimum absolute atomic E-state index is 0.0282. The number of carbonyl (C=O) groups excluding carboxylic acids is 1. The summed E-state index contributed by atoms with van der Waals surface area (Å²) < 4.78 is 27.9. The van der Waals surface area contributed by atoms with Crippen LogP contribution in [-0.4, -0.2) is 59.9 Å². The molecular formula is C26H24ClN5O3S2. The molecule has 5 rings (SSSR count). The number of anilines is 1. The fraction of sp³-hybridized carbons (Fsp3) is 0.192. The summed E-state index contributed by atoms with van der Waals surface area (Å²) in [5, 5.41) is 10.7. The summed E-state index contributed by atoms with van der Waals surface area (Å²) in [6, 6.07) is 27.1. The topological polar surface area (TPSA) is 95.5 Å². The minimum Gasteiger partial charge on any atom is -0.296 e. The lowest BCUT2D eigenvalue weighted by molar-refractivity contribution is 0.102. The average molecular weight is 554 g/mol. The van der Waals surface area contributed by atoms with Gasteiger partial charge in [0.15, 0.2) is 0 Å². The molecule has 2 heterocycles. The molecule has 0 aliphatic carbocycles. The van der Waals surface area contributed by atoms with E-state index >= 15 is 0 Å². The monoisotopic (exact) mass is 553 g/mol. The highest BCUT2D eigenvalue weighted by atomic mass is 35.5. The van der Waals surface area contributed by atoms with Gasteiger partial charge in [-0.05, 0) is 23.3 Å². The smallest absolute Gasteiger partial charge is 0.272 e. The van der Waals surface area contributed by atoms with Crippen molar-refractivity contribution in [1.29, 1.82) is 0 Å². The molecule has 1 amide bonds. The van der Waals surface area contributed by atoms with Crippen molar-refractivity contribution < 1.29 is 13.2 Å². The maximum Gasteiger partial charge on any atom is 0.272 e. The van der Waals surface area contributed by atoms with Gasteiger partial charge in [-0.2, -0.15) is 4.31 Å². The number of hydrogen-bond acceptors (Lipinski definition) is 7. The zero-order chi connectivity index (χ0) is 25.8. The Balaban J connectivity index is 1.28. The van der Waals surface area contributed by atoms with Crippen LogP contribution >= 0.6 is 22.9 Å². The molecule has 8 nitrogen and oxygen atoms in total. The first-order chi connectivity index (χ1) is 17.9. The van der Waals surface area contributed by atoms with E-state index in [1.165, 1.54) is 4.31 Å². The SMILES string of the molecule is O=C(Nc1nnc(S(=O)(=O)N2CCN(C(c3ccccc3)c3ccccc3)CC2)s1)c1ccccc1Cl. The third-order valence-electron chi connectivity index (χ3n) is 6.17. The first-order valence-corrected chi connectivity index (χ1v) is 14.3. The van der Waals surface area contributed by atoms with Crippen LogP contribution in [-0.2, 0) is 10.0 Å². The Morgan fingerprint density at radius 3 is 2.00 bits per heavy atom. The van der Waals surface area contributed by atoms with Crippen LogP contribution in [0.2, 0.25) is 5.02 Å². The Bertz CT molecular complexity index is 1430. The molecule has 1 N–H and O–H groups in total. The number of hydrogen-bond donors (Lipinski definition) is 1. The highest BCUT2D eigenvalue weighted by Gasteiger charge is 2.34. The summed E-state index contributed by atoms with van der Waals surface area (Å²) in [5.41, 5.74) is 2.59. The van der Waals surface area contributed by atoms with Crippen molar-refractivity contribution in [2.75, 3.05) is 31.5 Å². The molecular weight excluding hydrogens is 530 g/mol. The predicted octanol–water partition coefficient (Wildman–Crippen LogP) is 4.54. The molecule has 0 bridgehead atoms. The van der Waals surface area contributed by atoms with E-state index in [1.807, 2.05) is 36.4 Å². The maximum atomic E-state index is 13.3. The number of carbonyl (C=O) groups is 1. The Morgan fingerprint density at radius 1 is 0.838 bits per heavy atom. The Morgan fingerprint density at radius 2 is 1.41 bits per heavy atom. The zero-order valence-corrected chi connectivity index (χ0v) is 22.1. The number of aromatic nitrogens is 2. The number of nitrogens with one attached hydrogen (secondary N) is 1. The summed E-state index contributed by atoms with van der Waals surface area (Å²) in [7, 11) is -3.85.